The molecule has 8 nitrogen and oxygen atoms in total. The number of amides is 2. The molecule has 0 aromatic carbocycles. The maximum absolute atomic E-state index is 12.3. The smallest absolute Gasteiger partial charge is 0.252 e. The predicted molar refractivity (Wildman–Crippen MR) is 91.6 cm³/mol. The molecular weight excluding hydrogens is 328 g/mol. The third-order valence-corrected chi connectivity index (χ3v) is 4.07. The summed E-state index contributed by atoms with van der Waals surface area (Å²) in [5.41, 5.74) is 0. The minimum atomic E-state index is -1.65. The quantitative estimate of drug-likeness (QED) is 0.357. The summed E-state index contributed by atoms with van der Waals surface area (Å²) in [4.78, 5) is 24.2. The number of hydrogen-bond acceptors (Lipinski definition) is 6. The van der Waals surface area contributed by atoms with Crippen molar-refractivity contribution in [1.29, 1.82) is 0 Å². The number of ether oxygens (including phenoxy) is 1. The van der Waals surface area contributed by atoms with Gasteiger partial charge in [-0.3, -0.25) is 9.59 Å². The van der Waals surface area contributed by atoms with Gasteiger partial charge in [0.1, 0.15) is 24.4 Å². The molecule has 2 amide bonds. The molecule has 1 rings (SSSR count). The monoisotopic (exact) mass is 358 g/mol. The van der Waals surface area contributed by atoms with Gasteiger partial charge in [-0.05, 0) is 25.2 Å². The van der Waals surface area contributed by atoms with Crippen LogP contribution in [0.1, 0.15) is 33.1 Å². The summed E-state index contributed by atoms with van der Waals surface area (Å²) in [5.74, 6) is -0.832. The number of allylic oxidation sites excluding steroid dienone is 1. The van der Waals surface area contributed by atoms with E-state index in [2.05, 4.69) is 10.6 Å². The average Bonchev–Trinajstić information content (AvgIpc) is 2.77. The second-order valence-corrected chi connectivity index (χ2v) is 6.60. The molecule has 0 spiro atoms. The van der Waals surface area contributed by atoms with Crippen molar-refractivity contribution >= 4 is 11.8 Å². The molecule has 8 heteroatoms. The second-order valence-electron chi connectivity index (χ2n) is 6.60. The highest BCUT2D eigenvalue weighted by Crippen LogP contribution is 2.12. The highest BCUT2D eigenvalue weighted by Gasteiger charge is 2.36. The number of nitrogens with one attached hydrogen (secondary N) is 2. The summed E-state index contributed by atoms with van der Waals surface area (Å²) in [6, 6.07) is -0.706. The number of carbonyl (C=O) groups is 2. The van der Waals surface area contributed by atoms with E-state index in [-0.39, 0.29) is 11.8 Å². The van der Waals surface area contributed by atoms with Crippen molar-refractivity contribution in [1.82, 2.24) is 10.6 Å². The first-order valence-corrected chi connectivity index (χ1v) is 8.61. The lowest BCUT2D eigenvalue weighted by molar-refractivity contribution is -0.150. The van der Waals surface area contributed by atoms with E-state index in [9.17, 15) is 24.9 Å². The van der Waals surface area contributed by atoms with Gasteiger partial charge in [0.05, 0.1) is 0 Å². The van der Waals surface area contributed by atoms with Gasteiger partial charge < -0.3 is 30.7 Å². The van der Waals surface area contributed by atoms with E-state index in [1.54, 1.807) is 6.08 Å². The molecule has 0 aromatic rings. The zero-order chi connectivity index (χ0) is 19.0. The van der Waals surface area contributed by atoms with Gasteiger partial charge >= 0.3 is 0 Å². The van der Waals surface area contributed by atoms with Gasteiger partial charge in [0, 0.05) is 13.7 Å². The molecule has 1 fully saturated rings. The van der Waals surface area contributed by atoms with Crippen LogP contribution in [-0.4, -0.2) is 71.2 Å². The van der Waals surface area contributed by atoms with Crippen LogP contribution in [0.2, 0.25) is 0 Å². The second kappa shape index (κ2) is 10.5. The molecule has 0 aromatic heterocycles. The van der Waals surface area contributed by atoms with Gasteiger partial charge in [-0.15, -0.1) is 0 Å². The summed E-state index contributed by atoms with van der Waals surface area (Å²) in [6.07, 6.45) is -0.851. The lowest BCUT2D eigenvalue weighted by Crippen LogP contribution is -2.55. The molecule has 1 unspecified atom stereocenters. The molecule has 144 valence electrons. The number of rotatable bonds is 8. The largest absolute Gasteiger partial charge is 0.387 e. The predicted octanol–water partition coefficient (Wildman–Crippen LogP) is -0.919. The van der Waals surface area contributed by atoms with Crippen molar-refractivity contribution in [2.24, 2.45) is 5.92 Å². The van der Waals surface area contributed by atoms with E-state index < -0.39 is 36.4 Å². The van der Waals surface area contributed by atoms with Crippen LogP contribution in [0.3, 0.4) is 0 Å². The van der Waals surface area contributed by atoms with Crippen molar-refractivity contribution < 1.29 is 29.6 Å². The molecule has 1 saturated heterocycles. The summed E-state index contributed by atoms with van der Waals surface area (Å²) in [5, 5.41) is 35.4. The zero-order valence-electron chi connectivity index (χ0n) is 15.0. The molecule has 25 heavy (non-hydrogen) atoms. The fraction of sp³-hybridized carbons (Fsp3) is 0.765. The maximum Gasteiger partial charge on any atom is 0.252 e. The Kier molecular flexibility index (Phi) is 9.05. The fourth-order valence-corrected chi connectivity index (χ4v) is 2.56. The molecule has 1 heterocycles. The summed E-state index contributed by atoms with van der Waals surface area (Å²) < 4.78 is 4.99. The molecule has 0 radical (unpaired) electrons. The van der Waals surface area contributed by atoms with Gasteiger partial charge in [-0.1, -0.05) is 26.0 Å². The minimum absolute atomic E-state index is 0.161. The van der Waals surface area contributed by atoms with Crippen LogP contribution in [0.5, 0.6) is 0 Å². The molecule has 5 atom stereocenters. The van der Waals surface area contributed by atoms with Crippen molar-refractivity contribution in [3.8, 4) is 0 Å². The van der Waals surface area contributed by atoms with Crippen LogP contribution in [-0.2, 0) is 14.3 Å². The van der Waals surface area contributed by atoms with E-state index in [1.807, 2.05) is 13.8 Å². The van der Waals surface area contributed by atoms with Crippen LogP contribution in [0.4, 0.5) is 0 Å². The third-order valence-electron chi connectivity index (χ3n) is 4.07. The number of methoxy groups -OCH3 is 1. The van der Waals surface area contributed by atoms with Crippen LogP contribution < -0.4 is 10.6 Å². The highest BCUT2D eigenvalue weighted by atomic mass is 16.5. The summed E-state index contributed by atoms with van der Waals surface area (Å²) in [6.45, 7) is 4.36. The van der Waals surface area contributed by atoms with E-state index in [4.69, 9.17) is 4.74 Å². The number of hydrogen-bond donors (Lipinski definition) is 5. The zero-order valence-corrected chi connectivity index (χ0v) is 15.0. The first-order valence-electron chi connectivity index (χ1n) is 8.61. The Labute approximate surface area is 148 Å². The van der Waals surface area contributed by atoms with Crippen LogP contribution in [0.15, 0.2) is 12.2 Å². The van der Waals surface area contributed by atoms with Crippen molar-refractivity contribution in [3.05, 3.63) is 12.2 Å². The van der Waals surface area contributed by atoms with Crippen LogP contribution >= 0.6 is 0 Å². The number of aliphatic hydroxyl groups excluding tert-OH is 3. The molecule has 5 N–H and O–H groups in total. The summed E-state index contributed by atoms with van der Waals surface area (Å²) in [7, 11) is 1.21. The topological polar surface area (TPSA) is 128 Å². The Morgan fingerprint density at radius 3 is 2.52 bits per heavy atom. The lowest BCUT2D eigenvalue weighted by Gasteiger charge is -2.28. The Bertz CT molecular complexity index is 468. The molecule has 1 aliphatic rings. The van der Waals surface area contributed by atoms with Crippen molar-refractivity contribution in [3.63, 3.8) is 0 Å². The van der Waals surface area contributed by atoms with Gasteiger partial charge in [-0.2, -0.15) is 0 Å². The average molecular weight is 358 g/mol. The molecule has 0 bridgehead atoms. The van der Waals surface area contributed by atoms with Crippen molar-refractivity contribution in [2.75, 3.05) is 13.7 Å². The van der Waals surface area contributed by atoms with Crippen LogP contribution in [0, 0.1) is 5.92 Å². The van der Waals surface area contributed by atoms with Gasteiger partial charge in [-0.25, -0.2) is 0 Å². The van der Waals surface area contributed by atoms with Gasteiger partial charge in [0.15, 0.2) is 6.10 Å². The van der Waals surface area contributed by atoms with Gasteiger partial charge in [0.25, 0.3) is 5.91 Å². The Morgan fingerprint density at radius 2 is 1.92 bits per heavy atom. The van der Waals surface area contributed by atoms with Crippen LogP contribution in [0.25, 0.3) is 0 Å². The maximum atomic E-state index is 12.3. The third kappa shape index (κ3) is 6.74. The fourth-order valence-electron chi connectivity index (χ4n) is 2.56. The normalized spacial score (nSPS) is 23.6. The van der Waals surface area contributed by atoms with E-state index in [1.165, 1.54) is 13.2 Å². The van der Waals surface area contributed by atoms with E-state index in [0.29, 0.717) is 13.0 Å². The Balaban J connectivity index is 2.71. The lowest BCUT2D eigenvalue weighted by atomic mass is 10.0. The summed E-state index contributed by atoms with van der Waals surface area (Å²) >= 11 is 0. The number of aliphatic hydroxyl groups is 3. The number of carbonyl (C=O) groups excluding carboxylic acids is 2. The van der Waals surface area contributed by atoms with E-state index in [0.717, 1.165) is 12.8 Å². The first kappa shape index (κ1) is 21.6. The highest BCUT2D eigenvalue weighted by molar-refractivity contribution is 5.89. The molecule has 1 aliphatic heterocycles. The molecular formula is C17H30N2O6. The van der Waals surface area contributed by atoms with Gasteiger partial charge in [0.2, 0.25) is 5.91 Å². The minimum Gasteiger partial charge on any atom is -0.387 e. The Morgan fingerprint density at radius 1 is 1.24 bits per heavy atom. The standard InChI is InChI=1S/C17H30N2O6/c1-10(2)7-8-12(20)13(21)14(22)15(25-3)17(24)19-11-6-4-5-9-18-16(11)23/h7-8,10-15,20-22H,4-6,9H2,1-3H3,(H,18,23)(H,19,24)/b8-7+/t11?,12-,13+,14-,15-/m1/s1. The van der Waals surface area contributed by atoms with E-state index >= 15 is 0 Å². The molecule has 0 saturated carbocycles. The SMILES string of the molecule is CO[C@@H](C(=O)NC1CCCCNC1=O)[C@H](O)[C@@H](O)[C@H](O)/C=C/C(C)C. The Hall–Kier alpha value is -1.48. The first-order chi connectivity index (χ1) is 11.8. The molecule has 0 aliphatic carbocycles. The van der Waals surface area contributed by atoms with Crippen molar-refractivity contribution in [2.45, 2.75) is 63.6 Å².